The molecule has 0 bridgehead atoms. The molecule has 0 N–H and O–H groups in total. The first kappa shape index (κ1) is 9.24. The zero-order valence-electron chi connectivity index (χ0n) is 1.99. The summed E-state index contributed by atoms with van der Waals surface area (Å²) in [6.45, 7) is 0. The Kier molecular flexibility index (Phi) is 8.82. The van der Waals surface area contributed by atoms with Crippen LogP contribution in [0.5, 0.6) is 0 Å². The minimum absolute atomic E-state index is 0. The van der Waals surface area contributed by atoms with Crippen LogP contribution in [0.4, 0.5) is 0 Å². The van der Waals surface area contributed by atoms with Crippen LogP contribution in [0.15, 0.2) is 0 Å². The van der Waals surface area contributed by atoms with Crippen molar-refractivity contribution in [3.8, 4) is 0 Å². The third-order valence-corrected chi connectivity index (χ3v) is 0. The molecule has 5 heteroatoms. The summed E-state index contributed by atoms with van der Waals surface area (Å²) in [5.41, 5.74) is 0. The van der Waals surface area contributed by atoms with Crippen molar-refractivity contribution in [1.82, 2.24) is 0 Å². The molecule has 0 saturated carbocycles. The molecule has 0 radical (unpaired) electrons. The first-order valence-electron chi connectivity index (χ1n) is 0.500. The van der Waals surface area contributed by atoms with Crippen LogP contribution in [-0.4, -0.2) is 0 Å². The van der Waals surface area contributed by atoms with Crippen LogP contribution in [0.25, 0.3) is 0 Å². The van der Waals surface area contributed by atoms with Gasteiger partial charge in [-0.3, -0.25) is 0 Å². The van der Waals surface area contributed by atoms with Gasteiger partial charge in [-0.15, -0.1) is 0 Å². The number of hydrogen-bond acceptors (Lipinski definition) is 3. The summed E-state index contributed by atoms with van der Waals surface area (Å²) in [4.78, 5) is 0. The van der Waals surface area contributed by atoms with E-state index < -0.39 is 14.8 Å². The van der Waals surface area contributed by atoms with Crippen LogP contribution in [0.2, 0.25) is 0 Å². The Bertz CT molecular complexity index is 29.9. The van der Waals surface area contributed by atoms with Crippen LogP contribution in [0.1, 0.15) is 0 Å². The van der Waals surface area contributed by atoms with E-state index in [9.17, 15) is 0 Å². The zero-order valence-corrected chi connectivity index (χ0v) is 4.37. The molecule has 0 amide bonds. The molecule has 0 atom stereocenters. The molecule has 0 aromatic rings. The molecular weight excluding hydrogens is 156 g/mol. The van der Waals surface area contributed by atoms with E-state index in [-0.39, 0.29) is 17.1 Å². The van der Waals surface area contributed by atoms with Crippen LogP contribution in [-0.2, 0) is 35.6 Å². The van der Waals surface area contributed by atoms with Gasteiger partial charge < -0.3 is 0 Å². The molecule has 3 nitrogen and oxygen atoms in total. The Morgan fingerprint density at radius 2 is 1.40 bits per heavy atom. The van der Waals surface area contributed by atoms with Gasteiger partial charge in [0.1, 0.15) is 0 Å². The second kappa shape index (κ2) is 4.77. The fourth-order valence-corrected chi connectivity index (χ4v) is 0. The van der Waals surface area contributed by atoms with Crippen LogP contribution in [0, 0.1) is 0 Å². The molecule has 32 valence electrons. The first-order chi connectivity index (χ1) is 1.73. The Balaban J connectivity index is 0. The van der Waals surface area contributed by atoms with E-state index in [1.165, 1.54) is 0 Å². The number of rotatable bonds is 0. The Hall–Kier alpha value is 0.772. The van der Waals surface area contributed by atoms with E-state index in [0.29, 0.717) is 0 Å². The van der Waals surface area contributed by atoms with Crippen molar-refractivity contribution >= 4 is 0 Å². The molecular formula is CrFeO3. The summed E-state index contributed by atoms with van der Waals surface area (Å²) in [6, 6.07) is 0. The van der Waals surface area contributed by atoms with Gasteiger partial charge in [-0.05, 0) is 0 Å². The monoisotopic (exact) mass is 156 g/mol. The zero-order chi connectivity index (χ0) is 3.58. The Morgan fingerprint density at radius 3 is 1.40 bits per heavy atom. The van der Waals surface area contributed by atoms with Crippen molar-refractivity contribution in [3.63, 3.8) is 0 Å². The van der Waals surface area contributed by atoms with Crippen molar-refractivity contribution in [2.45, 2.75) is 0 Å². The van der Waals surface area contributed by atoms with E-state index in [1.54, 1.807) is 0 Å². The standard InChI is InChI=1S/Cr.Fe.3O/q;+2;;2*-1. The molecule has 0 aromatic carbocycles. The summed E-state index contributed by atoms with van der Waals surface area (Å²) in [5, 5.41) is 0. The summed E-state index contributed by atoms with van der Waals surface area (Å²) >= 11 is -3.79. The average Bonchev–Trinajstić information content (AvgIpc) is 0.811. The van der Waals surface area contributed by atoms with Gasteiger partial charge in [0.05, 0.1) is 0 Å². The average molecular weight is 156 g/mol. The summed E-state index contributed by atoms with van der Waals surface area (Å²) < 4.78 is 25.6. The van der Waals surface area contributed by atoms with Crippen LogP contribution in [0.3, 0.4) is 0 Å². The van der Waals surface area contributed by atoms with Crippen molar-refractivity contribution in [2.75, 3.05) is 0 Å². The fourth-order valence-electron chi connectivity index (χ4n) is 0. The molecule has 0 aliphatic rings. The van der Waals surface area contributed by atoms with Gasteiger partial charge >= 0.3 is 43.9 Å². The molecule has 0 aliphatic carbocycles. The minimum atomic E-state index is -3.79. The van der Waals surface area contributed by atoms with E-state index in [2.05, 4.69) is 0 Å². The predicted octanol–water partition coefficient (Wildman–Crippen LogP) is -2.50. The molecule has 0 saturated heterocycles. The van der Waals surface area contributed by atoms with Crippen LogP contribution >= 0.6 is 0 Å². The molecule has 0 aliphatic heterocycles. The van der Waals surface area contributed by atoms with E-state index in [0.717, 1.165) is 0 Å². The Labute approximate surface area is 44.4 Å². The van der Waals surface area contributed by atoms with Gasteiger partial charge in [-0.1, -0.05) is 0 Å². The molecule has 0 heterocycles. The maximum absolute atomic E-state index is 8.54. The van der Waals surface area contributed by atoms with Crippen molar-refractivity contribution in [1.29, 1.82) is 0 Å². The second-order valence-corrected chi connectivity index (χ2v) is 0.842. The first-order valence-corrected chi connectivity index (χ1v) is 2.06. The van der Waals surface area contributed by atoms with Gasteiger partial charge in [-0.25, -0.2) is 0 Å². The van der Waals surface area contributed by atoms with E-state index in [4.69, 9.17) is 12.1 Å². The van der Waals surface area contributed by atoms with Crippen molar-refractivity contribution < 1.29 is 43.9 Å². The topological polar surface area (TPSA) is 63.2 Å². The van der Waals surface area contributed by atoms with E-state index >= 15 is 0 Å². The van der Waals surface area contributed by atoms with E-state index in [1.807, 2.05) is 0 Å². The van der Waals surface area contributed by atoms with Crippen molar-refractivity contribution in [2.24, 2.45) is 0 Å². The maximum atomic E-state index is 8.54. The number of hydrogen-bond donors (Lipinski definition) is 0. The summed E-state index contributed by atoms with van der Waals surface area (Å²) in [5.74, 6) is 0. The van der Waals surface area contributed by atoms with Crippen LogP contribution < -0.4 is 8.32 Å². The fraction of sp³-hybridized carbons (Fsp3) is 0. The summed E-state index contributed by atoms with van der Waals surface area (Å²) in [6.07, 6.45) is 0. The van der Waals surface area contributed by atoms with Gasteiger partial charge in [0, 0.05) is 0 Å². The quantitative estimate of drug-likeness (QED) is 0.364. The SMILES string of the molecule is [Fe+2].[O]=[Cr]([O-])[O-]. The second-order valence-electron chi connectivity index (χ2n) is 0.204. The molecule has 0 aromatic heterocycles. The van der Waals surface area contributed by atoms with Gasteiger partial charge in [0.25, 0.3) is 0 Å². The molecule has 5 heavy (non-hydrogen) atoms. The van der Waals surface area contributed by atoms with Gasteiger partial charge in [0.2, 0.25) is 0 Å². The Morgan fingerprint density at radius 1 is 1.40 bits per heavy atom. The van der Waals surface area contributed by atoms with Gasteiger partial charge in [0.15, 0.2) is 0 Å². The van der Waals surface area contributed by atoms with Crippen molar-refractivity contribution in [3.05, 3.63) is 0 Å². The molecule has 0 rings (SSSR count). The molecule has 0 unspecified atom stereocenters. The third kappa shape index (κ3) is 61.5. The predicted molar refractivity (Wildman–Crippen MR) is 0.686 cm³/mol. The molecule has 0 spiro atoms. The normalized spacial score (nSPS) is 7.00. The summed E-state index contributed by atoms with van der Waals surface area (Å²) in [7, 11) is 0. The third-order valence-electron chi connectivity index (χ3n) is 0. The van der Waals surface area contributed by atoms with Gasteiger partial charge in [-0.2, -0.15) is 0 Å². The molecule has 0 fully saturated rings.